The van der Waals surface area contributed by atoms with Gasteiger partial charge in [-0.05, 0) is 48.9 Å². The Labute approximate surface area is 255 Å². The molecule has 43 heavy (non-hydrogen) atoms. The Morgan fingerprint density at radius 2 is 1.56 bits per heavy atom. The van der Waals surface area contributed by atoms with E-state index in [4.69, 9.17) is 5.14 Å². The van der Waals surface area contributed by atoms with E-state index in [1.165, 1.54) is 12.1 Å². The number of hydrogen-bond acceptors (Lipinski definition) is 7. The highest BCUT2D eigenvalue weighted by Crippen LogP contribution is 2.18. The summed E-state index contributed by atoms with van der Waals surface area (Å²) in [5.41, 5.74) is 3.61. The Bertz CT molecular complexity index is 1310. The van der Waals surface area contributed by atoms with E-state index in [2.05, 4.69) is 10.7 Å². The number of nitrogens with one attached hydrogen (secondary N) is 2. The summed E-state index contributed by atoms with van der Waals surface area (Å²) in [7, 11) is -4.25. The Kier molecular flexibility index (Phi) is 14.3. The number of likely N-dealkylation sites (N-methyl/N-ethyl adjacent to an activating group) is 1. The molecule has 12 heteroatoms. The Balaban J connectivity index is 2.42. The fraction of sp³-hybridized carbons (Fsp3) is 0.516. The molecule has 0 radical (unpaired) electrons. The van der Waals surface area contributed by atoms with Gasteiger partial charge in [0.25, 0.3) is 11.8 Å². The summed E-state index contributed by atoms with van der Waals surface area (Å²) in [6.07, 6.45) is 0.883. The van der Waals surface area contributed by atoms with Crippen molar-refractivity contribution in [2.24, 2.45) is 11.1 Å². The fourth-order valence-electron chi connectivity index (χ4n) is 4.66. The molecule has 11 nitrogen and oxygen atoms in total. The molecule has 0 aliphatic carbocycles. The highest BCUT2D eigenvalue weighted by Gasteiger charge is 2.27. The van der Waals surface area contributed by atoms with Gasteiger partial charge < -0.3 is 15.3 Å². The van der Waals surface area contributed by atoms with Crippen molar-refractivity contribution in [2.45, 2.75) is 77.3 Å². The predicted molar refractivity (Wildman–Crippen MR) is 167 cm³/mol. The molecule has 238 valence electrons. The first-order chi connectivity index (χ1) is 20.3. The zero-order valence-corrected chi connectivity index (χ0v) is 26.7. The number of sulfonamides is 1. The third-order valence-corrected chi connectivity index (χ3v) is 7.66. The molecule has 2 aromatic carbocycles. The highest BCUT2D eigenvalue weighted by molar-refractivity contribution is 7.89. The summed E-state index contributed by atoms with van der Waals surface area (Å²) in [6.45, 7) is 11.0. The number of benzene rings is 2. The van der Waals surface area contributed by atoms with Crippen molar-refractivity contribution in [3.63, 3.8) is 0 Å². The van der Waals surface area contributed by atoms with Crippen LogP contribution < -0.4 is 15.9 Å². The molecule has 3 amide bonds. The van der Waals surface area contributed by atoms with E-state index in [9.17, 15) is 27.9 Å². The van der Waals surface area contributed by atoms with Gasteiger partial charge in [0.05, 0.1) is 17.0 Å². The third kappa shape index (κ3) is 11.7. The standard InChI is InChI=1S/C31H47N5O6S/c1-6-14-35(15-7-2)31(40)25-18-24(19-26(20-25)43(32,41)42)30(39)33-27(17-23-12-10-9-11-13-23)28(37)21-36(8-3)34-29(38)16-22(4)5/h9-13,18-20,22,27-28,37H,6-8,14-17,21H2,1-5H3,(H,33,39)(H,34,38)(H2,32,41,42). The molecule has 2 rings (SSSR count). The van der Waals surface area contributed by atoms with Gasteiger partial charge in [-0.3, -0.25) is 19.8 Å². The van der Waals surface area contributed by atoms with Crippen LogP contribution in [-0.2, 0) is 21.2 Å². The summed E-state index contributed by atoms with van der Waals surface area (Å²) in [4.78, 5) is 40.6. The monoisotopic (exact) mass is 617 g/mol. The molecule has 0 spiro atoms. The smallest absolute Gasteiger partial charge is 0.253 e. The number of aliphatic hydroxyl groups excluding tert-OH is 1. The maximum atomic E-state index is 13.6. The molecule has 2 unspecified atom stereocenters. The van der Waals surface area contributed by atoms with Crippen molar-refractivity contribution in [1.29, 1.82) is 0 Å². The Morgan fingerprint density at radius 3 is 2.09 bits per heavy atom. The van der Waals surface area contributed by atoms with Crippen molar-refractivity contribution in [1.82, 2.24) is 20.7 Å². The highest BCUT2D eigenvalue weighted by atomic mass is 32.2. The first-order valence-electron chi connectivity index (χ1n) is 14.8. The van der Waals surface area contributed by atoms with Crippen molar-refractivity contribution in [3.8, 4) is 0 Å². The lowest BCUT2D eigenvalue weighted by Gasteiger charge is -2.30. The van der Waals surface area contributed by atoms with Crippen LogP contribution >= 0.6 is 0 Å². The van der Waals surface area contributed by atoms with Gasteiger partial charge in [-0.1, -0.05) is 65.0 Å². The van der Waals surface area contributed by atoms with E-state index in [1.54, 1.807) is 9.91 Å². The summed E-state index contributed by atoms with van der Waals surface area (Å²) in [6, 6.07) is 12.1. The van der Waals surface area contributed by atoms with E-state index in [0.29, 0.717) is 38.9 Å². The Morgan fingerprint density at radius 1 is 0.953 bits per heavy atom. The zero-order valence-electron chi connectivity index (χ0n) is 25.9. The number of rotatable bonds is 17. The van der Waals surface area contributed by atoms with Gasteiger partial charge >= 0.3 is 0 Å². The average molecular weight is 618 g/mol. The van der Waals surface area contributed by atoms with Gasteiger partial charge in [0.1, 0.15) is 0 Å². The lowest BCUT2D eigenvalue weighted by atomic mass is 10.00. The maximum absolute atomic E-state index is 13.6. The topological polar surface area (TPSA) is 162 Å². The first-order valence-corrected chi connectivity index (χ1v) is 16.4. The van der Waals surface area contributed by atoms with Gasteiger partial charge in [-0.15, -0.1) is 0 Å². The molecular formula is C31H47N5O6S. The number of amides is 3. The molecule has 2 aromatic rings. The largest absolute Gasteiger partial charge is 0.390 e. The molecule has 0 saturated heterocycles. The number of carbonyl (C=O) groups is 3. The van der Waals surface area contributed by atoms with Crippen molar-refractivity contribution in [3.05, 3.63) is 65.2 Å². The normalized spacial score (nSPS) is 13.0. The van der Waals surface area contributed by atoms with Gasteiger partial charge in [0.15, 0.2) is 0 Å². The number of primary sulfonamides is 1. The lowest BCUT2D eigenvalue weighted by Crippen LogP contribution is -2.53. The molecule has 2 atom stereocenters. The zero-order chi connectivity index (χ0) is 32.2. The quantitative estimate of drug-likeness (QED) is 0.198. The van der Waals surface area contributed by atoms with Gasteiger partial charge in [-0.25, -0.2) is 18.6 Å². The Hall–Kier alpha value is -3.32. The van der Waals surface area contributed by atoms with Crippen LogP contribution in [0.5, 0.6) is 0 Å². The first kappa shape index (κ1) is 35.9. The van der Waals surface area contributed by atoms with Crippen LogP contribution in [0.4, 0.5) is 0 Å². The summed E-state index contributed by atoms with van der Waals surface area (Å²) >= 11 is 0. The number of hydrogen-bond donors (Lipinski definition) is 4. The summed E-state index contributed by atoms with van der Waals surface area (Å²) in [5.74, 6) is -1.09. The van der Waals surface area contributed by atoms with Crippen molar-refractivity contribution < 1.29 is 27.9 Å². The fourth-order valence-corrected chi connectivity index (χ4v) is 5.24. The second kappa shape index (κ2) is 17.1. The van der Waals surface area contributed by atoms with Crippen LogP contribution in [0.2, 0.25) is 0 Å². The van der Waals surface area contributed by atoms with E-state index >= 15 is 0 Å². The molecule has 0 aromatic heterocycles. The minimum Gasteiger partial charge on any atom is -0.390 e. The average Bonchev–Trinajstić information content (AvgIpc) is 2.95. The molecule has 0 aliphatic heterocycles. The number of hydrazine groups is 1. The van der Waals surface area contributed by atoms with Crippen molar-refractivity contribution >= 4 is 27.7 Å². The van der Waals surface area contributed by atoms with E-state index in [0.717, 1.165) is 11.6 Å². The minimum atomic E-state index is -4.25. The number of nitrogens with two attached hydrogens (primary N) is 1. The second-order valence-corrected chi connectivity index (χ2v) is 12.7. The van der Waals surface area contributed by atoms with Crippen LogP contribution in [0.25, 0.3) is 0 Å². The predicted octanol–water partition coefficient (Wildman–Crippen LogP) is 2.70. The van der Waals surface area contributed by atoms with E-state index < -0.39 is 34.0 Å². The third-order valence-electron chi connectivity index (χ3n) is 6.76. The minimum absolute atomic E-state index is 0.0298. The second-order valence-electron chi connectivity index (χ2n) is 11.1. The van der Waals surface area contributed by atoms with Crippen LogP contribution in [0.3, 0.4) is 0 Å². The molecule has 5 N–H and O–H groups in total. The van der Waals surface area contributed by atoms with E-state index in [-0.39, 0.29) is 40.8 Å². The molecule has 0 heterocycles. The molecule has 0 bridgehead atoms. The summed E-state index contributed by atoms with van der Waals surface area (Å²) in [5, 5.41) is 21.1. The van der Waals surface area contributed by atoms with Crippen LogP contribution in [-0.4, -0.2) is 79.5 Å². The molecular weight excluding hydrogens is 570 g/mol. The van der Waals surface area contributed by atoms with Crippen molar-refractivity contribution in [2.75, 3.05) is 26.2 Å². The van der Waals surface area contributed by atoms with Gasteiger partial charge in [-0.2, -0.15) is 0 Å². The molecule has 0 saturated carbocycles. The number of carbonyl (C=O) groups excluding carboxylic acids is 3. The maximum Gasteiger partial charge on any atom is 0.253 e. The number of nitrogens with zero attached hydrogens (tertiary/aromatic N) is 2. The number of aliphatic hydroxyl groups is 1. The van der Waals surface area contributed by atoms with Gasteiger partial charge in [0.2, 0.25) is 15.9 Å². The van der Waals surface area contributed by atoms with Gasteiger partial charge in [0, 0.05) is 43.7 Å². The van der Waals surface area contributed by atoms with E-state index in [1.807, 2.05) is 65.0 Å². The lowest BCUT2D eigenvalue weighted by molar-refractivity contribution is -0.127. The van der Waals surface area contributed by atoms with Crippen LogP contribution in [0.15, 0.2) is 53.4 Å². The molecule has 0 aliphatic rings. The SMILES string of the molecule is CCCN(CCC)C(=O)c1cc(C(=O)NC(Cc2ccccc2)C(O)CN(CC)NC(=O)CC(C)C)cc(S(N)(=O)=O)c1. The van der Waals surface area contributed by atoms with Crippen LogP contribution in [0.1, 0.15) is 80.2 Å². The molecule has 0 fully saturated rings. The van der Waals surface area contributed by atoms with Crippen LogP contribution in [0, 0.1) is 5.92 Å². The summed E-state index contributed by atoms with van der Waals surface area (Å²) < 4.78 is 24.7.